The van der Waals surface area contributed by atoms with E-state index in [9.17, 15) is 4.79 Å². The molecule has 0 saturated heterocycles. The van der Waals surface area contributed by atoms with Crippen LogP contribution in [0.25, 0.3) is 11.3 Å². The van der Waals surface area contributed by atoms with Crippen molar-refractivity contribution in [1.82, 2.24) is 10.3 Å². The first kappa shape index (κ1) is 18.1. The van der Waals surface area contributed by atoms with Gasteiger partial charge in [-0.05, 0) is 38.5 Å². The maximum Gasteiger partial charge on any atom is 0.306 e. The molecule has 0 saturated carbocycles. The Balaban J connectivity index is 1.33. The minimum atomic E-state index is -0.316. The van der Waals surface area contributed by atoms with Crippen molar-refractivity contribution in [3.8, 4) is 22.8 Å². The molecule has 0 aliphatic carbocycles. The van der Waals surface area contributed by atoms with E-state index >= 15 is 0 Å². The summed E-state index contributed by atoms with van der Waals surface area (Å²) in [6.45, 7) is 4.79. The van der Waals surface area contributed by atoms with Crippen molar-refractivity contribution < 1.29 is 28.1 Å². The van der Waals surface area contributed by atoms with Crippen LogP contribution in [0.4, 0.5) is 0 Å². The number of nitrogens with zero attached hydrogens (tertiary/aromatic N) is 2. The molecule has 0 bridgehead atoms. The summed E-state index contributed by atoms with van der Waals surface area (Å²) in [5.41, 5.74) is 3.09. The number of fused-ring (bicyclic) bond motifs is 1. The van der Waals surface area contributed by atoms with Gasteiger partial charge in [-0.3, -0.25) is 4.79 Å². The molecule has 0 unspecified atom stereocenters. The van der Waals surface area contributed by atoms with E-state index in [1.54, 1.807) is 6.07 Å². The van der Waals surface area contributed by atoms with E-state index < -0.39 is 0 Å². The highest BCUT2D eigenvalue weighted by Crippen LogP contribution is 2.34. The summed E-state index contributed by atoms with van der Waals surface area (Å²) in [7, 11) is 0. The molecule has 28 heavy (non-hydrogen) atoms. The summed E-state index contributed by atoms with van der Waals surface area (Å²) in [4.78, 5) is 12.0. The molecule has 1 aliphatic rings. The van der Waals surface area contributed by atoms with Gasteiger partial charge in [0.25, 0.3) is 0 Å². The van der Waals surface area contributed by atoms with Gasteiger partial charge in [0.05, 0.1) is 5.69 Å². The molecule has 0 amide bonds. The van der Waals surface area contributed by atoms with Gasteiger partial charge in [-0.2, -0.15) is 0 Å². The van der Waals surface area contributed by atoms with Crippen LogP contribution >= 0.6 is 0 Å². The van der Waals surface area contributed by atoms with E-state index in [1.165, 1.54) is 0 Å². The molecule has 3 heterocycles. The van der Waals surface area contributed by atoms with E-state index in [0.717, 1.165) is 22.6 Å². The van der Waals surface area contributed by atoms with Crippen LogP contribution in [0.15, 0.2) is 33.3 Å². The maximum atomic E-state index is 12.0. The molecule has 0 N–H and O–H groups in total. The highest BCUT2D eigenvalue weighted by molar-refractivity contribution is 5.70. The minimum Gasteiger partial charge on any atom is -0.486 e. The molecule has 0 fully saturated rings. The summed E-state index contributed by atoms with van der Waals surface area (Å²) in [5.74, 6) is 2.36. The smallest absolute Gasteiger partial charge is 0.306 e. The van der Waals surface area contributed by atoms with Crippen molar-refractivity contribution in [2.45, 2.75) is 33.3 Å². The summed E-state index contributed by atoms with van der Waals surface area (Å²) < 4.78 is 26.8. The lowest BCUT2D eigenvalue weighted by atomic mass is 10.1. The second-order valence-corrected chi connectivity index (χ2v) is 6.50. The second-order valence-electron chi connectivity index (χ2n) is 6.50. The van der Waals surface area contributed by atoms with E-state index in [1.807, 2.05) is 32.0 Å². The van der Waals surface area contributed by atoms with Gasteiger partial charge < -0.3 is 23.3 Å². The Labute approximate surface area is 161 Å². The van der Waals surface area contributed by atoms with Crippen LogP contribution in [0.5, 0.6) is 11.5 Å². The predicted octanol–water partition coefficient (Wildman–Crippen LogP) is 3.39. The third kappa shape index (κ3) is 3.85. The maximum absolute atomic E-state index is 12.0. The first-order valence-electron chi connectivity index (χ1n) is 9.03. The van der Waals surface area contributed by atoms with Crippen molar-refractivity contribution in [2.75, 3.05) is 13.2 Å². The van der Waals surface area contributed by atoms with Crippen LogP contribution in [0.2, 0.25) is 0 Å². The number of esters is 1. The lowest BCUT2D eigenvalue weighted by Gasteiger charge is -2.18. The topological polar surface area (TPSA) is 96.8 Å². The molecule has 0 radical (unpaired) electrons. The fourth-order valence-corrected chi connectivity index (χ4v) is 3.02. The molecule has 8 heteroatoms. The van der Waals surface area contributed by atoms with Crippen molar-refractivity contribution in [1.29, 1.82) is 0 Å². The zero-order valence-corrected chi connectivity index (χ0v) is 15.7. The van der Waals surface area contributed by atoms with Gasteiger partial charge in [0.1, 0.15) is 31.3 Å². The number of ether oxygens (including phenoxy) is 3. The minimum absolute atomic E-state index is 0.0501. The van der Waals surface area contributed by atoms with Gasteiger partial charge in [-0.15, -0.1) is 0 Å². The van der Waals surface area contributed by atoms with Gasteiger partial charge in [0.15, 0.2) is 17.3 Å². The fourth-order valence-electron chi connectivity index (χ4n) is 3.02. The predicted molar refractivity (Wildman–Crippen MR) is 97.0 cm³/mol. The Bertz CT molecular complexity index is 971. The van der Waals surface area contributed by atoms with Crippen molar-refractivity contribution in [3.63, 3.8) is 0 Å². The van der Waals surface area contributed by atoms with Crippen molar-refractivity contribution in [2.24, 2.45) is 0 Å². The first-order chi connectivity index (χ1) is 13.6. The van der Waals surface area contributed by atoms with Crippen LogP contribution in [-0.2, 0) is 22.6 Å². The summed E-state index contributed by atoms with van der Waals surface area (Å²) in [6, 6.07) is 7.29. The van der Waals surface area contributed by atoms with Gasteiger partial charge in [0.2, 0.25) is 0 Å². The van der Waals surface area contributed by atoms with Crippen molar-refractivity contribution >= 4 is 5.97 Å². The fraction of sp³-hybridized carbons (Fsp3) is 0.350. The SMILES string of the molecule is Cc1noc(C)c1CCC(=O)OCc1cc(-c2ccc3c(c2)OCCO3)on1. The Morgan fingerprint density at radius 1 is 1.07 bits per heavy atom. The zero-order valence-electron chi connectivity index (χ0n) is 15.7. The second kappa shape index (κ2) is 7.75. The van der Waals surface area contributed by atoms with Gasteiger partial charge >= 0.3 is 5.97 Å². The zero-order chi connectivity index (χ0) is 19.5. The number of benzene rings is 1. The Hall–Kier alpha value is -3.29. The lowest BCUT2D eigenvalue weighted by molar-refractivity contribution is -0.145. The average molecular weight is 384 g/mol. The molecule has 4 rings (SSSR count). The number of carbonyl (C=O) groups is 1. The summed E-state index contributed by atoms with van der Waals surface area (Å²) in [5, 5.41) is 7.85. The lowest BCUT2D eigenvalue weighted by Crippen LogP contribution is -2.15. The quantitative estimate of drug-likeness (QED) is 0.597. The molecule has 3 aromatic rings. The van der Waals surface area contributed by atoms with Crippen LogP contribution < -0.4 is 9.47 Å². The molecule has 0 atom stereocenters. The average Bonchev–Trinajstić information content (AvgIpc) is 3.31. The van der Waals surface area contributed by atoms with Crippen molar-refractivity contribution in [3.05, 3.63) is 47.0 Å². The van der Waals surface area contributed by atoms with E-state index in [-0.39, 0.29) is 19.0 Å². The van der Waals surface area contributed by atoms with Gasteiger partial charge in [-0.25, -0.2) is 0 Å². The van der Waals surface area contributed by atoms with Crippen LogP contribution in [-0.4, -0.2) is 29.5 Å². The number of hydrogen-bond donors (Lipinski definition) is 0. The van der Waals surface area contributed by atoms with Gasteiger partial charge in [-0.1, -0.05) is 10.3 Å². The molecule has 1 aliphatic heterocycles. The summed E-state index contributed by atoms with van der Waals surface area (Å²) in [6.07, 6.45) is 0.775. The molecule has 8 nitrogen and oxygen atoms in total. The number of aromatic nitrogens is 2. The summed E-state index contributed by atoms with van der Waals surface area (Å²) >= 11 is 0. The molecule has 0 spiro atoms. The Kier molecular flexibility index (Phi) is 5.01. The standard InChI is InChI=1S/C20H20N2O6/c1-12-16(13(2)27-21-12)4-6-20(23)26-11-15-10-18(28-22-15)14-3-5-17-19(9-14)25-8-7-24-17/h3,5,9-10H,4,6-8,11H2,1-2H3. The largest absolute Gasteiger partial charge is 0.486 e. The van der Waals surface area contributed by atoms with E-state index in [4.69, 9.17) is 23.3 Å². The van der Waals surface area contributed by atoms with Crippen LogP contribution in [0.1, 0.15) is 29.1 Å². The van der Waals surface area contributed by atoms with Gasteiger partial charge in [0, 0.05) is 23.6 Å². The van der Waals surface area contributed by atoms with E-state index in [0.29, 0.717) is 42.6 Å². The highest BCUT2D eigenvalue weighted by Gasteiger charge is 2.16. The highest BCUT2D eigenvalue weighted by atomic mass is 16.6. The Morgan fingerprint density at radius 3 is 2.68 bits per heavy atom. The molecule has 146 valence electrons. The number of rotatable bonds is 6. The third-order valence-electron chi connectivity index (χ3n) is 4.53. The monoisotopic (exact) mass is 384 g/mol. The molecular weight excluding hydrogens is 364 g/mol. The number of carbonyl (C=O) groups excluding carboxylic acids is 1. The van der Waals surface area contributed by atoms with E-state index in [2.05, 4.69) is 10.3 Å². The number of aryl methyl sites for hydroxylation is 2. The molecular formula is C20H20N2O6. The number of hydrogen-bond acceptors (Lipinski definition) is 8. The Morgan fingerprint density at radius 2 is 1.89 bits per heavy atom. The molecule has 2 aromatic heterocycles. The normalized spacial score (nSPS) is 12.8. The van der Waals surface area contributed by atoms with Crippen LogP contribution in [0, 0.1) is 13.8 Å². The first-order valence-corrected chi connectivity index (χ1v) is 9.03. The third-order valence-corrected chi connectivity index (χ3v) is 4.53. The molecule has 1 aromatic carbocycles. The van der Waals surface area contributed by atoms with Crippen LogP contribution in [0.3, 0.4) is 0 Å².